The van der Waals surface area contributed by atoms with Crippen LogP contribution in [-0.4, -0.2) is 23.4 Å². The number of fused-ring (bicyclic) bond motifs is 2. The maximum Gasteiger partial charge on any atom is 0.234 e. The van der Waals surface area contributed by atoms with E-state index in [1.54, 1.807) is 0 Å². The quantitative estimate of drug-likeness (QED) is 0.836. The number of carbonyl (C=O) groups is 1. The highest BCUT2D eigenvalue weighted by atomic mass is 16.2. The summed E-state index contributed by atoms with van der Waals surface area (Å²) in [5.41, 5.74) is 7.10. The van der Waals surface area contributed by atoms with Crippen LogP contribution in [0.5, 0.6) is 0 Å². The van der Waals surface area contributed by atoms with Gasteiger partial charge in [-0.2, -0.15) is 0 Å². The van der Waals surface area contributed by atoms with Crippen LogP contribution in [0.1, 0.15) is 60.5 Å². The molecule has 27 heavy (non-hydrogen) atoms. The smallest absolute Gasteiger partial charge is 0.234 e. The van der Waals surface area contributed by atoms with Crippen LogP contribution in [0.15, 0.2) is 42.5 Å². The van der Waals surface area contributed by atoms with Gasteiger partial charge in [-0.15, -0.1) is 0 Å². The average Bonchev–Trinajstić information content (AvgIpc) is 3.26. The lowest BCUT2D eigenvalue weighted by Crippen LogP contribution is -2.41. The van der Waals surface area contributed by atoms with E-state index in [9.17, 15) is 4.79 Å². The van der Waals surface area contributed by atoms with E-state index in [4.69, 9.17) is 0 Å². The third-order valence-corrected chi connectivity index (χ3v) is 6.07. The van der Waals surface area contributed by atoms with E-state index in [0.717, 1.165) is 19.4 Å². The first-order valence-electron chi connectivity index (χ1n) is 10.3. The fourth-order valence-corrected chi connectivity index (χ4v) is 4.50. The average molecular weight is 363 g/mol. The standard InChI is InChI=1S/C24H30N2O/c1-17(2)26(15-18-7-4-3-5-8-18)16-24(27)25-23-12-11-21-13-19-9-6-10-20(19)14-22(21)23/h3-5,7-8,13-14,17,23H,6,9-12,15-16H2,1-2H3,(H,25,27). The molecule has 0 spiro atoms. The molecule has 1 N–H and O–H groups in total. The highest BCUT2D eigenvalue weighted by Gasteiger charge is 2.27. The second kappa shape index (κ2) is 7.85. The predicted octanol–water partition coefficient (Wildman–Crippen LogP) is 4.19. The molecule has 0 bridgehead atoms. The zero-order valence-corrected chi connectivity index (χ0v) is 16.5. The van der Waals surface area contributed by atoms with Gasteiger partial charge in [0.05, 0.1) is 12.6 Å². The summed E-state index contributed by atoms with van der Waals surface area (Å²) in [7, 11) is 0. The number of benzene rings is 2. The maximum absolute atomic E-state index is 12.8. The zero-order chi connectivity index (χ0) is 18.8. The van der Waals surface area contributed by atoms with Crippen molar-refractivity contribution in [2.75, 3.05) is 6.54 Å². The Morgan fingerprint density at radius 1 is 1.07 bits per heavy atom. The minimum Gasteiger partial charge on any atom is -0.348 e. The molecule has 0 heterocycles. The first-order valence-corrected chi connectivity index (χ1v) is 10.3. The molecule has 0 aromatic heterocycles. The second-order valence-corrected chi connectivity index (χ2v) is 8.32. The molecule has 0 radical (unpaired) electrons. The topological polar surface area (TPSA) is 32.3 Å². The van der Waals surface area contributed by atoms with Crippen molar-refractivity contribution in [3.63, 3.8) is 0 Å². The molecule has 0 saturated heterocycles. The molecule has 2 aliphatic rings. The van der Waals surface area contributed by atoms with Gasteiger partial charge in [0.15, 0.2) is 0 Å². The van der Waals surface area contributed by atoms with E-state index in [1.807, 2.05) is 6.07 Å². The molecule has 0 aliphatic heterocycles. The van der Waals surface area contributed by atoms with Crippen molar-refractivity contribution < 1.29 is 4.79 Å². The van der Waals surface area contributed by atoms with Gasteiger partial charge in [-0.05, 0) is 73.8 Å². The van der Waals surface area contributed by atoms with Gasteiger partial charge in [0, 0.05) is 12.6 Å². The highest BCUT2D eigenvalue weighted by molar-refractivity contribution is 5.78. The molecule has 2 aliphatic carbocycles. The Kier molecular flexibility index (Phi) is 5.31. The van der Waals surface area contributed by atoms with Gasteiger partial charge in [0.2, 0.25) is 5.91 Å². The summed E-state index contributed by atoms with van der Waals surface area (Å²) in [4.78, 5) is 15.0. The van der Waals surface area contributed by atoms with Crippen molar-refractivity contribution in [1.82, 2.24) is 10.2 Å². The number of amides is 1. The number of carbonyl (C=O) groups excluding carboxylic acids is 1. The number of nitrogens with zero attached hydrogens (tertiary/aromatic N) is 1. The Bertz CT molecular complexity index is 813. The molecule has 1 atom stereocenters. The molecule has 1 unspecified atom stereocenters. The molecular weight excluding hydrogens is 332 g/mol. The zero-order valence-electron chi connectivity index (χ0n) is 16.5. The van der Waals surface area contributed by atoms with Crippen molar-refractivity contribution in [3.8, 4) is 0 Å². The number of hydrogen-bond acceptors (Lipinski definition) is 2. The Labute approximate surface area is 162 Å². The second-order valence-electron chi connectivity index (χ2n) is 8.32. The van der Waals surface area contributed by atoms with Crippen LogP contribution in [0.3, 0.4) is 0 Å². The molecule has 2 aromatic carbocycles. The Hall–Kier alpha value is -2.13. The predicted molar refractivity (Wildman–Crippen MR) is 110 cm³/mol. The Morgan fingerprint density at radius 2 is 1.81 bits per heavy atom. The van der Waals surface area contributed by atoms with Crippen molar-refractivity contribution in [2.45, 2.75) is 64.6 Å². The van der Waals surface area contributed by atoms with Gasteiger partial charge in [-0.1, -0.05) is 42.5 Å². The van der Waals surface area contributed by atoms with Crippen LogP contribution in [0.25, 0.3) is 0 Å². The van der Waals surface area contributed by atoms with Gasteiger partial charge >= 0.3 is 0 Å². The number of rotatable bonds is 6. The minimum absolute atomic E-state index is 0.137. The van der Waals surface area contributed by atoms with Crippen LogP contribution >= 0.6 is 0 Å². The van der Waals surface area contributed by atoms with E-state index in [2.05, 4.69) is 60.5 Å². The molecule has 0 fully saturated rings. The van der Waals surface area contributed by atoms with Crippen molar-refractivity contribution in [2.24, 2.45) is 0 Å². The van der Waals surface area contributed by atoms with E-state index >= 15 is 0 Å². The van der Waals surface area contributed by atoms with Gasteiger partial charge in [0.25, 0.3) is 0 Å². The van der Waals surface area contributed by atoms with E-state index < -0.39 is 0 Å². The molecule has 1 amide bonds. The molecule has 2 aromatic rings. The van der Waals surface area contributed by atoms with Gasteiger partial charge in [0.1, 0.15) is 0 Å². The summed E-state index contributed by atoms with van der Waals surface area (Å²) in [5, 5.41) is 3.32. The van der Waals surface area contributed by atoms with Crippen molar-refractivity contribution >= 4 is 5.91 Å². The van der Waals surface area contributed by atoms with E-state index in [-0.39, 0.29) is 11.9 Å². The van der Waals surface area contributed by atoms with Crippen LogP contribution in [0, 0.1) is 0 Å². The lowest BCUT2D eigenvalue weighted by atomic mass is 10.0. The summed E-state index contributed by atoms with van der Waals surface area (Å²) < 4.78 is 0. The molecular formula is C24H30N2O. The number of aryl methyl sites for hydroxylation is 3. The SMILES string of the molecule is CC(C)N(CC(=O)NC1CCc2cc3c(cc21)CCC3)Cc1ccccc1. The van der Waals surface area contributed by atoms with E-state index in [0.29, 0.717) is 12.6 Å². The fraction of sp³-hybridized carbons (Fsp3) is 0.458. The van der Waals surface area contributed by atoms with Crippen molar-refractivity contribution in [1.29, 1.82) is 0 Å². The molecule has 3 heteroatoms. The third kappa shape index (κ3) is 4.08. The number of hydrogen-bond donors (Lipinski definition) is 1. The summed E-state index contributed by atoms with van der Waals surface area (Å²) in [6.07, 6.45) is 5.82. The highest BCUT2D eigenvalue weighted by Crippen LogP contribution is 2.36. The molecule has 4 rings (SSSR count). The summed E-state index contributed by atoms with van der Waals surface area (Å²) >= 11 is 0. The van der Waals surface area contributed by atoms with Gasteiger partial charge in [-0.3, -0.25) is 9.69 Å². The van der Waals surface area contributed by atoms with E-state index in [1.165, 1.54) is 47.1 Å². The maximum atomic E-state index is 12.8. The van der Waals surface area contributed by atoms with Gasteiger partial charge in [-0.25, -0.2) is 0 Å². The Morgan fingerprint density at radius 3 is 2.56 bits per heavy atom. The number of nitrogens with one attached hydrogen (secondary N) is 1. The minimum atomic E-state index is 0.137. The van der Waals surface area contributed by atoms with Gasteiger partial charge < -0.3 is 5.32 Å². The first-order chi connectivity index (χ1) is 13.1. The summed E-state index contributed by atoms with van der Waals surface area (Å²) in [6.45, 7) is 5.57. The van der Waals surface area contributed by atoms with Crippen LogP contribution < -0.4 is 5.32 Å². The lowest BCUT2D eigenvalue weighted by molar-refractivity contribution is -0.123. The first kappa shape index (κ1) is 18.2. The normalized spacial score (nSPS) is 18.0. The van der Waals surface area contributed by atoms with Crippen LogP contribution in [-0.2, 0) is 30.6 Å². The third-order valence-electron chi connectivity index (χ3n) is 6.07. The Balaban J connectivity index is 1.41. The molecule has 142 valence electrons. The van der Waals surface area contributed by atoms with Crippen LogP contribution in [0.2, 0.25) is 0 Å². The fourth-order valence-electron chi connectivity index (χ4n) is 4.50. The van der Waals surface area contributed by atoms with Crippen molar-refractivity contribution in [3.05, 3.63) is 70.3 Å². The van der Waals surface area contributed by atoms with Crippen LogP contribution in [0.4, 0.5) is 0 Å². The molecule has 0 saturated carbocycles. The summed E-state index contributed by atoms with van der Waals surface area (Å²) in [5.74, 6) is 0.137. The molecule has 3 nitrogen and oxygen atoms in total. The monoisotopic (exact) mass is 362 g/mol. The lowest BCUT2D eigenvalue weighted by Gasteiger charge is -2.27. The largest absolute Gasteiger partial charge is 0.348 e. The summed E-state index contributed by atoms with van der Waals surface area (Å²) in [6, 6.07) is 15.7.